The van der Waals surface area contributed by atoms with E-state index < -0.39 is 0 Å². The minimum atomic E-state index is -0.0482. The van der Waals surface area contributed by atoms with Crippen LogP contribution in [0.2, 0.25) is 0 Å². The lowest BCUT2D eigenvalue weighted by Crippen LogP contribution is -2.22. The topological polar surface area (TPSA) is 26.0 Å². The summed E-state index contributed by atoms with van der Waals surface area (Å²) in [5, 5.41) is 0. The highest BCUT2D eigenvalue weighted by molar-refractivity contribution is 5.31. The molecule has 2 N–H and O–H groups in total. The quantitative estimate of drug-likeness (QED) is 0.700. The molecule has 1 aliphatic rings. The third-order valence-electron chi connectivity index (χ3n) is 2.86. The number of benzene rings is 1. The van der Waals surface area contributed by atoms with Crippen LogP contribution in [-0.2, 0) is 12.8 Å². The molecule has 70 valence electrons. The minimum absolute atomic E-state index is 0.0482. The summed E-state index contributed by atoms with van der Waals surface area (Å²) in [6, 6.07) is 5.34. The van der Waals surface area contributed by atoms with Gasteiger partial charge < -0.3 is 5.73 Å². The van der Waals surface area contributed by atoms with E-state index in [1.165, 1.54) is 0 Å². The Hall–Kier alpha value is -0.890. The molecule has 0 spiro atoms. The van der Waals surface area contributed by atoms with Gasteiger partial charge in [0.2, 0.25) is 0 Å². The van der Waals surface area contributed by atoms with E-state index in [9.17, 15) is 4.39 Å². The van der Waals surface area contributed by atoms with Gasteiger partial charge in [0.25, 0.3) is 0 Å². The van der Waals surface area contributed by atoms with Gasteiger partial charge in [0, 0.05) is 0 Å². The van der Waals surface area contributed by atoms with E-state index in [1.807, 2.05) is 6.07 Å². The van der Waals surface area contributed by atoms with Gasteiger partial charge in [0.05, 0.1) is 0 Å². The van der Waals surface area contributed by atoms with E-state index in [0.29, 0.717) is 5.92 Å². The summed E-state index contributed by atoms with van der Waals surface area (Å²) in [4.78, 5) is 0. The zero-order valence-electron chi connectivity index (χ0n) is 7.59. The molecule has 0 radical (unpaired) electrons. The standard InChI is InChI=1S/C11H14FN/c12-11-3-1-2-9-6-8(7-13)4-5-10(9)11/h1-3,8H,4-7,13H2. The second-order valence-corrected chi connectivity index (χ2v) is 3.72. The minimum Gasteiger partial charge on any atom is -0.330 e. The number of halogens is 1. The van der Waals surface area contributed by atoms with Crippen LogP contribution in [0.5, 0.6) is 0 Å². The van der Waals surface area contributed by atoms with Crippen molar-refractivity contribution in [3.8, 4) is 0 Å². The summed E-state index contributed by atoms with van der Waals surface area (Å²) in [6.07, 6.45) is 2.83. The van der Waals surface area contributed by atoms with Gasteiger partial charge in [0.15, 0.2) is 0 Å². The Bertz CT molecular complexity index is 309. The fourth-order valence-corrected chi connectivity index (χ4v) is 2.04. The first kappa shape index (κ1) is 8.70. The fraction of sp³-hybridized carbons (Fsp3) is 0.455. The van der Waals surface area contributed by atoms with E-state index in [0.717, 1.165) is 36.9 Å². The molecular weight excluding hydrogens is 165 g/mol. The van der Waals surface area contributed by atoms with Crippen LogP contribution >= 0.6 is 0 Å². The molecular formula is C11H14FN. The molecule has 0 aliphatic heterocycles. The lowest BCUT2D eigenvalue weighted by Gasteiger charge is -2.23. The molecule has 0 bridgehead atoms. The predicted octanol–water partition coefficient (Wildman–Crippen LogP) is 1.89. The smallest absolute Gasteiger partial charge is 0.126 e. The van der Waals surface area contributed by atoms with Gasteiger partial charge in [0.1, 0.15) is 5.82 Å². The Morgan fingerprint density at radius 1 is 1.46 bits per heavy atom. The van der Waals surface area contributed by atoms with Crippen molar-refractivity contribution in [3.63, 3.8) is 0 Å². The van der Waals surface area contributed by atoms with Gasteiger partial charge in [-0.2, -0.15) is 0 Å². The van der Waals surface area contributed by atoms with Crippen molar-refractivity contribution in [2.24, 2.45) is 11.7 Å². The van der Waals surface area contributed by atoms with Gasteiger partial charge in [-0.1, -0.05) is 12.1 Å². The van der Waals surface area contributed by atoms with Crippen molar-refractivity contribution in [3.05, 3.63) is 35.1 Å². The SMILES string of the molecule is NCC1CCc2c(F)cccc2C1. The third-order valence-corrected chi connectivity index (χ3v) is 2.86. The molecule has 2 rings (SSSR count). The fourth-order valence-electron chi connectivity index (χ4n) is 2.04. The number of rotatable bonds is 1. The third kappa shape index (κ3) is 1.59. The Morgan fingerprint density at radius 2 is 2.31 bits per heavy atom. The maximum absolute atomic E-state index is 13.3. The van der Waals surface area contributed by atoms with Crippen LogP contribution in [0.3, 0.4) is 0 Å². The lowest BCUT2D eigenvalue weighted by molar-refractivity contribution is 0.455. The average molecular weight is 179 g/mol. The van der Waals surface area contributed by atoms with Crippen LogP contribution in [0.1, 0.15) is 17.5 Å². The molecule has 1 unspecified atom stereocenters. The second kappa shape index (κ2) is 3.46. The summed E-state index contributed by atoms with van der Waals surface area (Å²) in [5.74, 6) is 0.502. The molecule has 1 atom stereocenters. The molecule has 1 aromatic rings. The molecule has 0 amide bonds. The van der Waals surface area contributed by atoms with Crippen LogP contribution in [0.15, 0.2) is 18.2 Å². The molecule has 13 heavy (non-hydrogen) atoms. The summed E-state index contributed by atoms with van der Waals surface area (Å²) in [5.41, 5.74) is 7.67. The normalized spacial score (nSPS) is 21.2. The Balaban J connectivity index is 2.31. The van der Waals surface area contributed by atoms with Gasteiger partial charge in [-0.05, 0) is 48.9 Å². The average Bonchev–Trinajstić information content (AvgIpc) is 2.18. The number of nitrogens with two attached hydrogens (primary N) is 1. The molecule has 2 heteroatoms. The van der Waals surface area contributed by atoms with Crippen LogP contribution in [0.4, 0.5) is 4.39 Å². The van der Waals surface area contributed by atoms with Crippen LogP contribution in [0, 0.1) is 11.7 Å². The molecule has 0 heterocycles. The van der Waals surface area contributed by atoms with Crippen LogP contribution in [-0.4, -0.2) is 6.54 Å². The number of hydrogen-bond acceptors (Lipinski definition) is 1. The van der Waals surface area contributed by atoms with Crippen molar-refractivity contribution < 1.29 is 4.39 Å². The zero-order valence-corrected chi connectivity index (χ0v) is 7.59. The van der Waals surface area contributed by atoms with Gasteiger partial charge in [-0.3, -0.25) is 0 Å². The van der Waals surface area contributed by atoms with Crippen molar-refractivity contribution in [1.29, 1.82) is 0 Å². The highest BCUT2D eigenvalue weighted by Gasteiger charge is 2.19. The molecule has 0 saturated carbocycles. The highest BCUT2D eigenvalue weighted by atomic mass is 19.1. The highest BCUT2D eigenvalue weighted by Crippen LogP contribution is 2.26. The maximum Gasteiger partial charge on any atom is 0.126 e. The molecule has 0 saturated heterocycles. The predicted molar refractivity (Wildman–Crippen MR) is 51.0 cm³/mol. The molecule has 1 aliphatic carbocycles. The van der Waals surface area contributed by atoms with E-state index in [-0.39, 0.29) is 5.82 Å². The van der Waals surface area contributed by atoms with Crippen molar-refractivity contribution in [1.82, 2.24) is 0 Å². The summed E-state index contributed by atoms with van der Waals surface area (Å²) < 4.78 is 13.3. The van der Waals surface area contributed by atoms with Gasteiger partial charge >= 0.3 is 0 Å². The van der Waals surface area contributed by atoms with Gasteiger partial charge in [-0.25, -0.2) is 4.39 Å². The van der Waals surface area contributed by atoms with E-state index in [1.54, 1.807) is 12.1 Å². The first-order valence-electron chi connectivity index (χ1n) is 4.77. The summed E-state index contributed by atoms with van der Waals surface area (Å²) in [6.45, 7) is 0.718. The number of hydrogen-bond donors (Lipinski definition) is 1. The van der Waals surface area contributed by atoms with Gasteiger partial charge in [-0.15, -0.1) is 0 Å². The zero-order chi connectivity index (χ0) is 9.26. The number of fused-ring (bicyclic) bond motifs is 1. The Kier molecular flexibility index (Phi) is 2.32. The molecule has 1 aromatic carbocycles. The van der Waals surface area contributed by atoms with Crippen LogP contribution in [0.25, 0.3) is 0 Å². The van der Waals surface area contributed by atoms with Crippen molar-refractivity contribution in [2.45, 2.75) is 19.3 Å². The monoisotopic (exact) mass is 179 g/mol. The largest absolute Gasteiger partial charge is 0.330 e. The lowest BCUT2D eigenvalue weighted by atomic mass is 9.84. The second-order valence-electron chi connectivity index (χ2n) is 3.72. The molecule has 0 aromatic heterocycles. The first-order chi connectivity index (χ1) is 6.31. The van der Waals surface area contributed by atoms with Crippen molar-refractivity contribution in [2.75, 3.05) is 6.54 Å². The van der Waals surface area contributed by atoms with E-state index >= 15 is 0 Å². The van der Waals surface area contributed by atoms with E-state index in [2.05, 4.69) is 0 Å². The summed E-state index contributed by atoms with van der Waals surface area (Å²) >= 11 is 0. The van der Waals surface area contributed by atoms with E-state index in [4.69, 9.17) is 5.73 Å². The van der Waals surface area contributed by atoms with Crippen molar-refractivity contribution >= 4 is 0 Å². The molecule has 1 nitrogen and oxygen atoms in total. The Morgan fingerprint density at radius 3 is 3.08 bits per heavy atom. The van der Waals surface area contributed by atoms with Crippen LogP contribution < -0.4 is 5.73 Å². The molecule has 0 fully saturated rings. The first-order valence-corrected chi connectivity index (χ1v) is 4.77. The Labute approximate surface area is 77.8 Å². The summed E-state index contributed by atoms with van der Waals surface area (Å²) in [7, 11) is 0. The maximum atomic E-state index is 13.3.